The van der Waals surface area contributed by atoms with Crippen molar-refractivity contribution in [3.05, 3.63) is 101 Å². The van der Waals surface area contributed by atoms with Crippen LogP contribution in [0.5, 0.6) is 17.2 Å². The number of aliphatic hydroxyl groups is 1. The Morgan fingerprint density at radius 3 is 2.59 bits per heavy atom. The van der Waals surface area contributed by atoms with Gasteiger partial charge in [-0.25, -0.2) is 0 Å². The highest BCUT2D eigenvalue weighted by atomic mass is 16.5. The predicted molar refractivity (Wildman–Crippen MR) is 153 cm³/mol. The van der Waals surface area contributed by atoms with Gasteiger partial charge in [-0.3, -0.25) is 4.90 Å². The predicted octanol–water partition coefficient (Wildman–Crippen LogP) is 6.00. The molecule has 2 aliphatic rings. The van der Waals surface area contributed by atoms with E-state index in [1.165, 1.54) is 33.2 Å². The maximum Gasteiger partial charge on any atom is 0.161 e. The summed E-state index contributed by atoms with van der Waals surface area (Å²) < 4.78 is 19.8. The number of hydrogen-bond donors (Lipinski definition) is 1. The van der Waals surface area contributed by atoms with Crippen molar-refractivity contribution >= 4 is 21.7 Å². The molecule has 0 spiro atoms. The maximum atomic E-state index is 10.2. The standard InChI is InChI=1S/C33H32N2O4/c1-37-25-9-10-29-27(15-25)28-16-30-26-17-32(38-2)33(14-24(26)11-12-34(30)18-31(28)35(29)20-36)39-19-21-7-8-22-5-3-4-6-23(22)13-21/h3-10,13-15,17,30,36H,11-12,16,18-20H2,1-2H3. The zero-order chi connectivity index (χ0) is 26.5. The van der Waals surface area contributed by atoms with E-state index >= 15 is 0 Å². The quantitative estimate of drug-likeness (QED) is 0.298. The summed E-state index contributed by atoms with van der Waals surface area (Å²) in [4.78, 5) is 2.53. The van der Waals surface area contributed by atoms with E-state index in [0.717, 1.165) is 59.6 Å². The maximum absolute atomic E-state index is 10.2. The zero-order valence-corrected chi connectivity index (χ0v) is 22.3. The molecule has 1 N–H and O–H groups in total. The number of rotatable bonds is 6. The van der Waals surface area contributed by atoms with Crippen LogP contribution in [0.2, 0.25) is 0 Å². The van der Waals surface area contributed by atoms with Crippen molar-refractivity contribution in [3.63, 3.8) is 0 Å². The normalized spacial score (nSPS) is 16.5. The molecule has 0 aliphatic carbocycles. The lowest BCUT2D eigenvalue weighted by Crippen LogP contribution is -2.39. The average Bonchev–Trinajstić information content (AvgIpc) is 3.29. The van der Waals surface area contributed by atoms with Gasteiger partial charge in [0.25, 0.3) is 0 Å². The summed E-state index contributed by atoms with van der Waals surface area (Å²) in [7, 11) is 3.41. The molecule has 1 unspecified atom stereocenters. The Balaban J connectivity index is 1.21. The van der Waals surface area contributed by atoms with Crippen LogP contribution >= 0.6 is 0 Å². The van der Waals surface area contributed by atoms with Crippen molar-refractivity contribution in [2.24, 2.45) is 0 Å². The third kappa shape index (κ3) is 4.03. The van der Waals surface area contributed by atoms with E-state index in [-0.39, 0.29) is 12.8 Å². The fourth-order valence-electron chi connectivity index (χ4n) is 6.49. The minimum absolute atomic E-state index is 0.0288. The molecule has 0 radical (unpaired) electrons. The van der Waals surface area contributed by atoms with Crippen molar-refractivity contribution in [2.45, 2.75) is 38.8 Å². The smallest absolute Gasteiger partial charge is 0.161 e. The largest absolute Gasteiger partial charge is 0.497 e. The first-order valence-electron chi connectivity index (χ1n) is 13.5. The first-order chi connectivity index (χ1) is 19.2. The molecular weight excluding hydrogens is 488 g/mol. The summed E-state index contributed by atoms with van der Waals surface area (Å²) in [5.41, 5.74) is 7.30. The SMILES string of the molecule is COc1ccc2c(c1)c1c(n2CO)CN2CCc3cc(OCc4ccc5ccccc5c4)c(OC)cc3C2C1. The number of fused-ring (bicyclic) bond motifs is 7. The Hall–Kier alpha value is -4.00. The van der Waals surface area contributed by atoms with Gasteiger partial charge in [0.2, 0.25) is 0 Å². The highest BCUT2D eigenvalue weighted by Crippen LogP contribution is 2.45. The molecule has 6 heteroatoms. The lowest BCUT2D eigenvalue weighted by Gasteiger charge is -2.41. The van der Waals surface area contributed by atoms with Crippen LogP contribution < -0.4 is 14.2 Å². The number of benzene rings is 4. The molecule has 1 aromatic heterocycles. The Bertz CT molecular complexity index is 1710. The van der Waals surface area contributed by atoms with Gasteiger partial charge in [-0.2, -0.15) is 0 Å². The summed E-state index contributed by atoms with van der Waals surface area (Å²) in [6.07, 6.45) is 1.82. The fraction of sp³-hybridized carbons (Fsp3) is 0.273. The highest BCUT2D eigenvalue weighted by Gasteiger charge is 2.36. The topological polar surface area (TPSA) is 56.1 Å². The van der Waals surface area contributed by atoms with E-state index in [1.54, 1.807) is 14.2 Å². The molecule has 0 amide bonds. The van der Waals surface area contributed by atoms with Crippen LogP contribution in [0, 0.1) is 0 Å². The molecule has 7 rings (SSSR count). The molecule has 2 aliphatic heterocycles. The molecule has 6 nitrogen and oxygen atoms in total. The van der Waals surface area contributed by atoms with Crippen LogP contribution in [0.25, 0.3) is 21.7 Å². The minimum atomic E-state index is -0.0288. The Morgan fingerprint density at radius 2 is 1.77 bits per heavy atom. The monoisotopic (exact) mass is 520 g/mol. The van der Waals surface area contributed by atoms with Gasteiger partial charge in [0.05, 0.1) is 19.7 Å². The van der Waals surface area contributed by atoms with Gasteiger partial charge in [-0.05, 0) is 82.3 Å². The van der Waals surface area contributed by atoms with Gasteiger partial charge in [0.1, 0.15) is 19.1 Å². The Morgan fingerprint density at radius 1 is 0.897 bits per heavy atom. The van der Waals surface area contributed by atoms with Gasteiger partial charge in [-0.1, -0.05) is 36.4 Å². The summed E-state index contributed by atoms with van der Waals surface area (Å²) in [5, 5.41) is 13.8. The second-order valence-electron chi connectivity index (χ2n) is 10.5. The third-order valence-electron chi connectivity index (χ3n) is 8.49. The molecule has 3 heterocycles. The molecule has 0 bridgehead atoms. The van der Waals surface area contributed by atoms with Crippen LogP contribution in [0.4, 0.5) is 0 Å². The molecular formula is C33H32N2O4. The number of methoxy groups -OCH3 is 2. The molecule has 198 valence electrons. The lowest BCUT2D eigenvalue weighted by atomic mass is 9.85. The van der Waals surface area contributed by atoms with Gasteiger partial charge in [-0.15, -0.1) is 0 Å². The van der Waals surface area contributed by atoms with E-state index in [4.69, 9.17) is 14.2 Å². The number of nitrogens with zero attached hydrogens (tertiary/aromatic N) is 2. The Kier molecular flexibility index (Phi) is 5.94. The molecule has 0 saturated carbocycles. The van der Waals surface area contributed by atoms with E-state index < -0.39 is 0 Å². The second-order valence-corrected chi connectivity index (χ2v) is 10.5. The summed E-state index contributed by atoms with van der Waals surface area (Å²) in [5.74, 6) is 2.39. The van der Waals surface area contributed by atoms with Crippen molar-refractivity contribution in [3.8, 4) is 17.2 Å². The summed E-state index contributed by atoms with van der Waals surface area (Å²) in [6, 6.07) is 25.6. The van der Waals surface area contributed by atoms with Gasteiger partial charge in [0.15, 0.2) is 11.5 Å². The first kappa shape index (κ1) is 24.1. The molecule has 0 fully saturated rings. The van der Waals surface area contributed by atoms with Crippen LogP contribution in [0.3, 0.4) is 0 Å². The molecule has 5 aromatic rings. The van der Waals surface area contributed by atoms with Crippen molar-refractivity contribution < 1.29 is 19.3 Å². The third-order valence-corrected chi connectivity index (χ3v) is 8.49. The molecule has 1 atom stereocenters. The number of aromatic nitrogens is 1. The van der Waals surface area contributed by atoms with E-state index in [2.05, 4.69) is 71.6 Å². The molecule has 39 heavy (non-hydrogen) atoms. The van der Waals surface area contributed by atoms with Crippen LogP contribution in [-0.2, 0) is 32.7 Å². The second kappa shape index (κ2) is 9.63. The van der Waals surface area contributed by atoms with Crippen LogP contribution in [-0.4, -0.2) is 35.3 Å². The number of hydrogen-bond acceptors (Lipinski definition) is 5. The van der Waals surface area contributed by atoms with Crippen molar-refractivity contribution in [1.29, 1.82) is 0 Å². The van der Waals surface area contributed by atoms with E-state index in [0.29, 0.717) is 6.61 Å². The molecule has 0 saturated heterocycles. The number of aliphatic hydroxyl groups excluding tert-OH is 1. The summed E-state index contributed by atoms with van der Waals surface area (Å²) in [6.45, 7) is 2.23. The van der Waals surface area contributed by atoms with Crippen LogP contribution in [0.15, 0.2) is 72.8 Å². The zero-order valence-electron chi connectivity index (χ0n) is 22.3. The lowest BCUT2D eigenvalue weighted by molar-refractivity contribution is 0.145. The first-order valence-corrected chi connectivity index (χ1v) is 13.5. The fourth-order valence-corrected chi connectivity index (χ4v) is 6.49. The Labute approximate surface area is 227 Å². The van der Waals surface area contributed by atoms with E-state index in [1.807, 2.05) is 10.6 Å². The van der Waals surface area contributed by atoms with Crippen molar-refractivity contribution in [2.75, 3.05) is 20.8 Å². The highest BCUT2D eigenvalue weighted by molar-refractivity contribution is 5.87. The number of ether oxygens (including phenoxy) is 3. The van der Waals surface area contributed by atoms with Gasteiger partial charge >= 0.3 is 0 Å². The molecule has 4 aromatic carbocycles. The summed E-state index contributed by atoms with van der Waals surface area (Å²) >= 11 is 0. The van der Waals surface area contributed by atoms with E-state index in [9.17, 15) is 5.11 Å². The van der Waals surface area contributed by atoms with Gasteiger partial charge in [0, 0.05) is 30.2 Å². The van der Waals surface area contributed by atoms with Crippen LogP contribution in [0.1, 0.15) is 34.0 Å². The van der Waals surface area contributed by atoms with Gasteiger partial charge < -0.3 is 23.9 Å². The van der Waals surface area contributed by atoms with Crippen molar-refractivity contribution in [1.82, 2.24) is 9.47 Å². The minimum Gasteiger partial charge on any atom is -0.497 e. The average molecular weight is 521 g/mol.